The quantitative estimate of drug-likeness (QED) is 0.750. The third-order valence-corrected chi connectivity index (χ3v) is 3.34. The highest BCUT2D eigenvalue weighted by Gasteiger charge is 2.08. The minimum absolute atomic E-state index is 0.0672. The van der Waals surface area contributed by atoms with Gasteiger partial charge in [0.15, 0.2) is 0 Å². The van der Waals surface area contributed by atoms with Crippen LogP contribution in [0.5, 0.6) is 0 Å². The van der Waals surface area contributed by atoms with E-state index in [0.29, 0.717) is 22.0 Å². The van der Waals surface area contributed by atoms with Gasteiger partial charge in [-0.2, -0.15) is 0 Å². The van der Waals surface area contributed by atoms with Gasteiger partial charge in [-0.05, 0) is 50.2 Å². The second-order valence-electron chi connectivity index (χ2n) is 5.62. The second-order valence-corrected chi connectivity index (χ2v) is 6.06. The van der Waals surface area contributed by atoms with Gasteiger partial charge in [-0.1, -0.05) is 23.7 Å². The van der Waals surface area contributed by atoms with Gasteiger partial charge in [-0.3, -0.25) is 9.59 Å². The molecule has 0 spiro atoms. The molecule has 0 aliphatic rings. The number of hydrogen-bond donors (Lipinski definition) is 3. The van der Waals surface area contributed by atoms with Crippen molar-refractivity contribution in [3.63, 3.8) is 0 Å². The van der Waals surface area contributed by atoms with Crippen LogP contribution in [-0.4, -0.2) is 24.4 Å². The standard InChI is InChI=1S/C18H20ClN3O2/c1-12(2)21-18(24)13-5-3-7-15(9-13)20-11-17(23)22-16-8-4-6-14(19)10-16/h3-10,12,20H,11H2,1-2H3,(H,21,24)(H,22,23). The predicted molar refractivity (Wildman–Crippen MR) is 97.6 cm³/mol. The number of amides is 2. The lowest BCUT2D eigenvalue weighted by Gasteiger charge is -2.11. The lowest BCUT2D eigenvalue weighted by Crippen LogP contribution is -2.30. The van der Waals surface area contributed by atoms with Gasteiger partial charge in [0.2, 0.25) is 5.91 Å². The van der Waals surface area contributed by atoms with Gasteiger partial charge in [-0.15, -0.1) is 0 Å². The molecule has 2 rings (SSSR count). The molecule has 0 aliphatic heterocycles. The Hall–Kier alpha value is -2.53. The molecular formula is C18H20ClN3O2. The van der Waals surface area contributed by atoms with E-state index in [2.05, 4.69) is 16.0 Å². The van der Waals surface area contributed by atoms with Crippen molar-refractivity contribution in [3.05, 3.63) is 59.1 Å². The van der Waals surface area contributed by atoms with Crippen LogP contribution in [0.1, 0.15) is 24.2 Å². The number of nitrogens with one attached hydrogen (secondary N) is 3. The minimum atomic E-state index is -0.200. The summed E-state index contributed by atoms with van der Waals surface area (Å²) in [7, 11) is 0. The Balaban J connectivity index is 1.92. The number of rotatable bonds is 6. The van der Waals surface area contributed by atoms with E-state index in [1.165, 1.54) is 0 Å². The highest BCUT2D eigenvalue weighted by molar-refractivity contribution is 6.30. The highest BCUT2D eigenvalue weighted by Crippen LogP contribution is 2.15. The van der Waals surface area contributed by atoms with Crippen LogP contribution in [0.25, 0.3) is 0 Å². The molecule has 126 valence electrons. The highest BCUT2D eigenvalue weighted by atomic mass is 35.5. The molecule has 0 heterocycles. The molecule has 5 nitrogen and oxygen atoms in total. The number of halogens is 1. The van der Waals surface area contributed by atoms with Crippen molar-refractivity contribution in [2.24, 2.45) is 0 Å². The molecular weight excluding hydrogens is 326 g/mol. The Labute approximate surface area is 146 Å². The molecule has 24 heavy (non-hydrogen) atoms. The summed E-state index contributed by atoms with van der Waals surface area (Å²) < 4.78 is 0. The fraction of sp³-hybridized carbons (Fsp3) is 0.222. The average Bonchev–Trinajstić information content (AvgIpc) is 2.52. The summed E-state index contributed by atoms with van der Waals surface area (Å²) in [4.78, 5) is 24.0. The molecule has 0 aromatic heterocycles. The van der Waals surface area contributed by atoms with Crippen LogP contribution < -0.4 is 16.0 Å². The first-order valence-corrected chi connectivity index (χ1v) is 8.02. The van der Waals surface area contributed by atoms with E-state index < -0.39 is 0 Å². The maximum atomic E-state index is 12.0. The predicted octanol–water partition coefficient (Wildman–Crippen LogP) is 3.53. The third kappa shape index (κ3) is 5.59. The molecule has 0 unspecified atom stereocenters. The second kappa shape index (κ2) is 8.36. The zero-order chi connectivity index (χ0) is 17.5. The first-order chi connectivity index (χ1) is 11.4. The van der Waals surface area contributed by atoms with Gasteiger partial charge in [0.1, 0.15) is 0 Å². The van der Waals surface area contributed by atoms with Gasteiger partial charge < -0.3 is 16.0 Å². The maximum Gasteiger partial charge on any atom is 0.251 e. The smallest absolute Gasteiger partial charge is 0.251 e. The van der Waals surface area contributed by atoms with Crippen LogP contribution in [0, 0.1) is 0 Å². The number of hydrogen-bond acceptors (Lipinski definition) is 3. The zero-order valence-corrected chi connectivity index (χ0v) is 14.4. The third-order valence-electron chi connectivity index (χ3n) is 3.11. The van der Waals surface area contributed by atoms with Crippen molar-refractivity contribution in [1.29, 1.82) is 0 Å². The molecule has 2 amide bonds. The monoisotopic (exact) mass is 345 g/mol. The van der Waals surface area contributed by atoms with E-state index in [1.54, 1.807) is 48.5 Å². The fourth-order valence-corrected chi connectivity index (χ4v) is 2.26. The summed E-state index contributed by atoms with van der Waals surface area (Å²) in [6.07, 6.45) is 0. The Morgan fingerprint density at radius 1 is 1.04 bits per heavy atom. The van der Waals surface area contributed by atoms with Crippen molar-refractivity contribution in [2.45, 2.75) is 19.9 Å². The summed E-state index contributed by atoms with van der Waals surface area (Å²) in [5.41, 5.74) is 1.89. The van der Waals surface area contributed by atoms with Crippen LogP contribution in [0.4, 0.5) is 11.4 Å². The summed E-state index contributed by atoms with van der Waals surface area (Å²) >= 11 is 5.88. The zero-order valence-electron chi connectivity index (χ0n) is 13.6. The molecule has 0 radical (unpaired) electrons. The van der Waals surface area contributed by atoms with Gasteiger partial charge >= 0.3 is 0 Å². The fourth-order valence-electron chi connectivity index (χ4n) is 2.07. The van der Waals surface area contributed by atoms with Crippen molar-refractivity contribution in [2.75, 3.05) is 17.2 Å². The number of anilines is 2. The van der Waals surface area contributed by atoms with Crippen molar-refractivity contribution < 1.29 is 9.59 Å². The van der Waals surface area contributed by atoms with Gasteiger partial charge in [0, 0.05) is 28.0 Å². The van der Waals surface area contributed by atoms with E-state index in [-0.39, 0.29) is 24.4 Å². The average molecular weight is 346 g/mol. The Bertz CT molecular complexity index is 732. The molecule has 6 heteroatoms. The summed E-state index contributed by atoms with van der Waals surface area (Å²) in [5, 5.41) is 9.14. The van der Waals surface area contributed by atoms with E-state index in [9.17, 15) is 9.59 Å². The number of carbonyl (C=O) groups excluding carboxylic acids is 2. The van der Waals surface area contributed by atoms with E-state index >= 15 is 0 Å². The molecule has 0 atom stereocenters. The summed E-state index contributed by atoms with van der Waals surface area (Å²) in [6, 6.07) is 14.0. The lowest BCUT2D eigenvalue weighted by atomic mass is 10.1. The molecule has 3 N–H and O–H groups in total. The maximum absolute atomic E-state index is 12.0. The van der Waals surface area contributed by atoms with Gasteiger partial charge in [0.25, 0.3) is 5.91 Å². The summed E-state index contributed by atoms with van der Waals surface area (Å²) in [5.74, 6) is -0.341. The van der Waals surface area contributed by atoms with Gasteiger partial charge in [0.05, 0.1) is 6.54 Å². The van der Waals surface area contributed by atoms with E-state index in [1.807, 2.05) is 13.8 Å². The number of carbonyl (C=O) groups is 2. The molecule has 0 bridgehead atoms. The van der Waals surface area contributed by atoms with E-state index in [0.717, 1.165) is 0 Å². The largest absolute Gasteiger partial charge is 0.376 e. The van der Waals surface area contributed by atoms with Crippen LogP contribution >= 0.6 is 11.6 Å². The first kappa shape index (κ1) is 17.8. The topological polar surface area (TPSA) is 70.2 Å². The molecule has 0 saturated heterocycles. The normalized spacial score (nSPS) is 10.3. The Morgan fingerprint density at radius 3 is 2.46 bits per heavy atom. The molecule has 2 aromatic carbocycles. The Kier molecular flexibility index (Phi) is 6.21. The Morgan fingerprint density at radius 2 is 1.75 bits per heavy atom. The lowest BCUT2D eigenvalue weighted by molar-refractivity contribution is -0.114. The van der Waals surface area contributed by atoms with Crippen LogP contribution in [0.3, 0.4) is 0 Å². The summed E-state index contributed by atoms with van der Waals surface area (Å²) in [6.45, 7) is 3.89. The molecule has 0 saturated carbocycles. The van der Waals surface area contributed by atoms with Crippen LogP contribution in [0.15, 0.2) is 48.5 Å². The molecule has 0 aliphatic carbocycles. The van der Waals surface area contributed by atoms with Crippen LogP contribution in [0.2, 0.25) is 5.02 Å². The minimum Gasteiger partial charge on any atom is -0.376 e. The van der Waals surface area contributed by atoms with Crippen molar-refractivity contribution >= 4 is 34.8 Å². The van der Waals surface area contributed by atoms with Crippen LogP contribution in [-0.2, 0) is 4.79 Å². The van der Waals surface area contributed by atoms with Crippen molar-refractivity contribution in [1.82, 2.24) is 5.32 Å². The van der Waals surface area contributed by atoms with Gasteiger partial charge in [-0.25, -0.2) is 0 Å². The molecule has 0 fully saturated rings. The number of benzene rings is 2. The first-order valence-electron chi connectivity index (χ1n) is 7.64. The SMILES string of the molecule is CC(C)NC(=O)c1cccc(NCC(=O)Nc2cccc(Cl)c2)c1. The van der Waals surface area contributed by atoms with Crippen molar-refractivity contribution in [3.8, 4) is 0 Å². The van der Waals surface area contributed by atoms with E-state index in [4.69, 9.17) is 11.6 Å². The molecule has 2 aromatic rings.